The molecule has 1 aromatic rings. The summed E-state index contributed by atoms with van der Waals surface area (Å²) in [6, 6.07) is 5.99. The number of halogens is 1. The van der Waals surface area contributed by atoms with Gasteiger partial charge in [0.05, 0.1) is 12.5 Å². The zero-order valence-electron chi connectivity index (χ0n) is 7.19. The molecule has 0 aromatic heterocycles. The molecule has 1 aromatic carbocycles. The number of nitrogens with zero attached hydrogens (tertiary/aromatic N) is 1. The number of aryl methyl sites for hydroxylation is 2. The Balaban J connectivity index is 3.16. The number of nitriles is 1. The van der Waals surface area contributed by atoms with Crippen molar-refractivity contribution in [3.8, 4) is 6.07 Å². The van der Waals surface area contributed by atoms with E-state index in [9.17, 15) is 0 Å². The lowest BCUT2D eigenvalue weighted by atomic mass is 10.0. The van der Waals surface area contributed by atoms with Crippen LogP contribution in [0.5, 0.6) is 0 Å². The topological polar surface area (TPSA) is 23.8 Å². The van der Waals surface area contributed by atoms with Crippen LogP contribution in [0.4, 0.5) is 0 Å². The molecule has 0 radical (unpaired) electrons. The number of hydrogen-bond acceptors (Lipinski definition) is 1. The van der Waals surface area contributed by atoms with Gasteiger partial charge in [0, 0.05) is 5.02 Å². The van der Waals surface area contributed by atoms with E-state index in [0.717, 1.165) is 21.7 Å². The molecule has 0 saturated carbocycles. The molecule has 0 fully saturated rings. The van der Waals surface area contributed by atoms with Gasteiger partial charge in [0.2, 0.25) is 0 Å². The minimum Gasteiger partial charge on any atom is -0.198 e. The van der Waals surface area contributed by atoms with Crippen LogP contribution in [-0.4, -0.2) is 0 Å². The second kappa shape index (κ2) is 3.60. The molecule has 1 nitrogen and oxygen atoms in total. The molecule has 0 aliphatic rings. The van der Waals surface area contributed by atoms with Crippen LogP contribution in [0, 0.1) is 25.2 Å². The van der Waals surface area contributed by atoms with Crippen molar-refractivity contribution in [2.24, 2.45) is 0 Å². The maximum atomic E-state index is 8.51. The van der Waals surface area contributed by atoms with Crippen LogP contribution in [0.25, 0.3) is 0 Å². The van der Waals surface area contributed by atoms with Crippen molar-refractivity contribution in [3.05, 3.63) is 33.8 Å². The summed E-state index contributed by atoms with van der Waals surface area (Å²) < 4.78 is 0. The van der Waals surface area contributed by atoms with Crippen LogP contribution >= 0.6 is 11.6 Å². The second-order valence-corrected chi connectivity index (χ2v) is 3.27. The van der Waals surface area contributed by atoms with Gasteiger partial charge in [-0.3, -0.25) is 0 Å². The summed E-state index contributed by atoms with van der Waals surface area (Å²) >= 11 is 5.91. The SMILES string of the molecule is Cc1cc(C)c(CC#N)cc1Cl. The first-order chi connectivity index (χ1) is 5.65. The molecule has 12 heavy (non-hydrogen) atoms. The highest BCUT2D eigenvalue weighted by Gasteiger charge is 2.01. The average Bonchev–Trinajstić information content (AvgIpc) is 2.01. The lowest BCUT2D eigenvalue weighted by Gasteiger charge is -2.04. The Labute approximate surface area is 77.6 Å². The smallest absolute Gasteiger partial charge is 0.0669 e. The van der Waals surface area contributed by atoms with Gasteiger partial charge in [-0.2, -0.15) is 5.26 Å². The fourth-order valence-electron chi connectivity index (χ4n) is 1.14. The molecular formula is C10H10ClN. The van der Waals surface area contributed by atoms with E-state index in [-0.39, 0.29) is 0 Å². The maximum Gasteiger partial charge on any atom is 0.0669 e. The highest BCUT2D eigenvalue weighted by Crippen LogP contribution is 2.20. The summed E-state index contributed by atoms with van der Waals surface area (Å²) in [4.78, 5) is 0. The standard InChI is InChI=1S/C10H10ClN/c1-7-5-8(2)10(11)6-9(7)3-4-12/h5-6H,3H2,1-2H3. The Kier molecular flexibility index (Phi) is 2.73. The van der Waals surface area contributed by atoms with Crippen molar-refractivity contribution >= 4 is 11.6 Å². The predicted octanol–water partition coefficient (Wildman–Crippen LogP) is 3.02. The van der Waals surface area contributed by atoms with Gasteiger partial charge in [-0.25, -0.2) is 0 Å². The van der Waals surface area contributed by atoms with Gasteiger partial charge in [0.25, 0.3) is 0 Å². The van der Waals surface area contributed by atoms with Crippen molar-refractivity contribution in [2.45, 2.75) is 20.3 Å². The van der Waals surface area contributed by atoms with Gasteiger partial charge >= 0.3 is 0 Å². The highest BCUT2D eigenvalue weighted by atomic mass is 35.5. The molecule has 0 aliphatic carbocycles. The van der Waals surface area contributed by atoms with E-state index in [1.807, 2.05) is 26.0 Å². The zero-order valence-corrected chi connectivity index (χ0v) is 7.94. The highest BCUT2D eigenvalue weighted by molar-refractivity contribution is 6.31. The summed E-state index contributed by atoms with van der Waals surface area (Å²) in [7, 11) is 0. The molecule has 0 heterocycles. The third-order valence-corrected chi connectivity index (χ3v) is 2.29. The van der Waals surface area contributed by atoms with E-state index >= 15 is 0 Å². The average molecular weight is 180 g/mol. The number of rotatable bonds is 1. The van der Waals surface area contributed by atoms with Crippen LogP contribution in [0.2, 0.25) is 5.02 Å². The van der Waals surface area contributed by atoms with Crippen molar-refractivity contribution in [1.29, 1.82) is 5.26 Å². The lowest BCUT2D eigenvalue weighted by Crippen LogP contribution is -1.89. The summed E-state index contributed by atoms with van der Waals surface area (Å²) in [6.07, 6.45) is 0.436. The van der Waals surface area contributed by atoms with Crippen LogP contribution in [0.3, 0.4) is 0 Å². The molecule has 62 valence electrons. The molecule has 0 spiro atoms. The van der Waals surface area contributed by atoms with Gasteiger partial charge < -0.3 is 0 Å². The van der Waals surface area contributed by atoms with Crippen LogP contribution in [-0.2, 0) is 6.42 Å². The maximum absolute atomic E-state index is 8.51. The molecule has 0 aliphatic heterocycles. The third kappa shape index (κ3) is 1.78. The first-order valence-electron chi connectivity index (χ1n) is 3.77. The Bertz CT molecular complexity index is 336. The minimum absolute atomic E-state index is 0.436. The van der Waals surface area contributed by atoms with Crippen molar-refractivity contribution < 1.29 is 0 Å². The van der Waals surface area contributed by atoms with Crippen molar-refractivity contribution in [3.63, 3.8) is 0 Å². The first kappa shape index (κ1) is 9.09. The normalized spacial score (nSPS) is 9.50. The van der Waals surface area contributed by atoms with Crippen LogP contribution < -0.4 is 0 Å². The summed E-state index contributed by atoms with van der Waals surface area (Å²) in [5, 5.41) is 9.25. The molecule has 2 heteroatoms. The summed E-state index contributed by atoms with van der Waals surface area (Å²) in [5.41, 5.74) is 3.22. The molecule has 0 amide bonds. The van der Waals surface area contributed by atoms with Gasteiger partial charge in [-0.05, 0) is 36.6 Å². The van der Waals surface area contributed by atoms with Gasteiger partial charge in [0.1, 0.15) is 0 Å². The van der Waals surface area contributed by atoms with Gasteiger partial charge in [0.15, 0.2) is 0 Å². The van der Waals surface area contributed by atoms with E-state index in [0.29, 0.717) is 6.42 Å². The monoisotopic (exact) mass is 179 g/mol. The molecule has 1 rings (SSSR count). The minimum atomic E-state index is 0.436. The van der Waals surface area contributed by atoms with Gasteiger partial charge in [-0.1, -0.05) is 17.7 Å². The van der Waals surface area contributed by atoms with E-state index in [1.54, 1.807) is 0 Å². The lowest BCUT2D eigenvalue weighted by molar-refractivity contribution is 1.20. The van der Waals surface area contributed by atoms with Crippen molar-refractivity contribution in [2.75, 3.05) is 0 Å². The summed E-state index contributed by atoms with van der Waals surface area (Å²) in [6.45, 7) is 3.96. The Morgan fingerprint density at radius 3 is 2.58 bits per heavy atom. The molecule has 0 atom stereocenters. The third-order valence-electron chi connectivity index (χ3n) is 1.89. The molecular weight excluding hydrogens is 170 g/mol. The van der Waals surface area contributed by atoms with E-state index in [2.05, 4.69) is 6.07 Å². The van der Waals surface area contributed by atoms with Crippen LogP contribution in [0.1, 0.15) is 16.7 Å². The Morgan fingerprint density at radius 1 is 1.33 bits per heavy atom. The van der Waals surface area contributed by atoms with E-state index in [4.69, 9.17) is 16.9 Å². The van der Waals surface area contributed by atoms with Crippen molar-refractivity contribution in [1.82, 2.24) is 0 Å². The number of hydrogen-bond donors (Lipinski definition) is 0. The number of benzene rings is 1. The fourth-order valence-corrected chi connectivity index (χ4v) is 1.33. The zero-order chi connectivity index (χ0) is 9.14. The van der Waals surface area contributed by atoms with Crippen LogP contribution in [0.15, 0.2) is 12.1 Å². The largest absolute Gasteiger partial charge is 0.198 e. The van der Waals surface area contributed by atoms with Gasteiger partial charge in [-0.15, -0.1) is 0 Å². The predicted molar refractivity (Wildman–Crippen MR) is 50.2 cm³/mol. The second-order valence-electron chi connectivity index (χ2n) is 2.86. The Hall–Kier alpha value is -1.00. The first-order valence-corrected chi connectivity index (χ1v) is 4.15. The molecule has 0 bridgehead atoms. The molecule has 0 saturated heterocycles. The molecule has 0 N–H and O–H groups in total. The molecule has 0 unspecified atom stereocenters. The quantitative estimate of drug-likeness (QED) is 0.650. The van der Waals surface area contributed by atoms with E-state index in [1.165, 1.54) is 0 Å². The summed E-state index contributed by atoms with van der Waals surface area (Å²) in [5.74, 6) is 0. The Morgan fingerprint density at radius 2 is 2.00 bits per heavy atom. The van der Waals surface area contributed by atoms with E-state index < -0.39 is 0 Å². The fraction of sp³-hybridized carbons (Fsp3) is 0.300.